The number of rotatable bonds is 8. The molecular formula is C19H35N3. The average molecular weight is 306 g/mol. The molecule has 0 atom stereocenters. The first-order valence-corrected chi connectivity index (χ1v) is 8.68. The van der Waals surface area contributed by atoms with E-state index in [-0.39, 0.29) is 0 Å². The van der Waals surface area contributed by atoms with E-state index in [1.54, 1.807) is 0 Å². The van der Waals surface area contributed by atoms with Crippen molar-refractivity contribution in [2.75, 3.05) is 0 Å². The molecule has 0 saturated heterocycles. The third-order valence-corrected chi connectivity index (χ3v) is 4.21. The van der Waals surface area contributed by atoms with Gasteiger partial charge in [0, 0.05) is 37.3 Å². The molecule has 0 fully saturated rings. The number of hydrogen-bond donors (Lipinski definition) is 0. The Hall–Kier alpha value is -0.930. The molecule has 0 aliphatic carbocycles. The Kier molecular flexibility index (Phi) is 7.51. The Labute approximate surface area is 137 Å². The van der Waals surface area contributed by atoms with Crippen LogP contribution in [0.5, 0.6) is 0 Å². The van der Waals surface area contributed by atoms with Crippen LogP contribution in [0.1, 0.15) is 66.8 Å². The zero-order chi connectivity index (χ0) is 16.9. The maximum atomic E-state index is 4.90. The molecule has 3 heteroatoms. The van der Waals surface area contributed by atoms with E-state index in [2.05, 4.69) is 83.4 Å². The highest BCUT2D eigenvalue weighted by Crippen LogP contribution is 2.14. The van der Waals surface area contributed by atoms with E-state index in [0.29, 0.717) is 24.2 Å². The molecule has 0 N–H and O–H groups in total. The third kappa shape index (κ3) is 5.69. The molecule has 1 aromatic rings. The van der Waals surface area contributed by atoms with Gasteiger partial charge in [0.15, 0.2) is 0 Å². The van der Waals surface area contributed by atoms with Crippen molar-refractivity contribution < 1.29 is 0 Å². The lowest BCUT2D eigenvalue weighted by Gasteiger charge is -2.31. The minimum absolute atomic E-state index is 0.535. The fourth-order valence-electron chi connectivity index (χ4n) is 3.00. The van der Waals surface area contributed by atoms with Crippen molar-refractivity contribution >= 4 is 0 Å². The van der Waals surface area contributed by atoms with Crippen molar-refractivity contribution in [3.05, 3.63) is 29.6 Å². The van der Waals surface area contributed by atoms with Gasteiger partial charge in [0.05, 0.1) is 11.4 Å². The van der Waals surface area contributed by atoms with Gasteiger partial charge in [-0.2, -0.15) is 0 Å². The van der Waals surface area contributed by atoms with Crippen LogP contribution in [0.3, 0.4) is 0 Å². The molecule has 0 aromatic carbocycles. The molecule has 1 rings (SSSR count). The molecule has 22 heavy (non-hydrogen) atoms. The zero-order valence-electron chi connectivity index (χ0n) is 15.8. The summed E-state index contributed by atoms with van der Waals surface area (Å²) < 4.78 is 0. The monoisotopic (exact) mass is 305 g/mol. The smallest absolute Gasteiger partial charge is 0.0548 e. The first-order valence-electron chi connectivity index (χ1n) is 8.68. The number of hydrogen-bond acceptors (Lipinski definition) is 3. The molecule has 0 radical (unpaired) electrons. The highest BCUT2D eigenvalue weighted by molar-refractivity contribution is 5.11. The lowest BCUT2D eigenvalue weighted by atomic mass is 10.2. The quantitative estimate of drug-likeness (QED) is 0.713. The minimum atomic E-state index is 0.535. The van der Waals surface area contributed by atoms with Crippen LogP contribution < -0.4 is 0 Å². The maximum absolute atomic E-state index is 4.90. The Bertz CT molecular complexity index is 385. The second-order valence-electron chi connectivity index (χ2n) is 7.34. The lowest BCUT2D eigenvalue weighted by molar-refractivity contribution is 0.159. The molecule has 3 nitrogen and oxygen atoms in total. The van der Waals surface area contributed by atoms with E-state index < -0.39 is 0 Å². The fourth-order valence-corrected chi connectivity index (χ4v) is 3.00. The first-order chi connectivity index (χ1) is 10.2. The molecule has 126 valence electrons. The molecule has 0 aliphatic heterocycles. The second-order valence-corrected chi connectivity index (χ2v) is 7.34. The van der Waals surface area contributed by atoms with Crippen LogP contribution in [-0.2, 0) is 13.1 Å². The molecule has 0 unspecified atom stereocenters. The van der Waals surface area contributed by atoms with E-state index in [0.717, 1.165) is 13.1 Å². The predicted molar refractivity (Wildman–Crippen MR) is 95.9 cm³/mol. The van der Waals surface area contributed by atoms with Gasteiger partial charge in [-0.1, -0.05) is 6.07 Å². The second kappa shape index (κ2) is 8.64. The van der Waals surface area contributed by atoms with Gasteiger partial charge in [-0.05, 0) is 67.5 Å². The van der Waals surface area contributed by atoms with Crippen LogP contribution in [-0.4, -0.2) is 39.0 Å². The predicted octanol–water partition coefficient (Wildman–Crippen LogP) is 4.32. The van der Waals surface area contributed by atoms with E-state index in [4.69, 9.17) is 4.98 Å². The summed E-state index contributed by atoms with van der Waals surface area (Å²) in [5, 5.41) is 0. The fraction of sp³-hybridized carbons (Fsp3) is 0.737. The molecule has 0 amide bonds. The molecule has 0 bridgehead atoms. The summed E-state index contributed by atoms with van der Waals surface area (Å²) in [6.07, 6.45) is 0. The SMILES string of the molecule is CC(C)N(Cc1cccc(CN(C(C)C)C(C)C)n1)C(C)C. The largest absolute Gasteiger partial charge is 0.293 e. The standard InChI is InChI=1S/C19H35N3/c1-14(2)21(15(3)4)12-18-10-9-11-19(20-18)13-22(16(5)6)17(7)8/h9-11,14-17H,12-13H2,1-8H3. The normalized spacial score (nSPS) is 12.6. The summed E-state index contributed by atoms with van der Waals surface area (Å²) in [5.41, 5.74) is 2.35. The Morgan fingerprint density at radius 1 is 0.682 bits per heavy atom. The van der Waals surface area contributed by atoms with Gasteiger partial charge in [-0.25, -0.2) is 0 Å². The van der Waals surface area contributed by atoms with Crippen molar-refractivity contribution in [3.63, 3.8) is 0 Å². The van der Waals surface area contributed by atoms with E-state index in [1.165, 1.54) is 11.4 Å². The van der Waals surface area contributed by atoms with Crippen LogP contribution in [0.25, 0.3) is 0 Å². The summed E-state index contributed by atoms with van der Waals surface area (Å²) in [5.74, 6) is 0. The summed E-state index contributed by atoms with van der Waals surface area (Å²) >= 11 is 0. The summed E-state index contributed by atoms with van der Waals surface area (Å²) in [4.78, 5) is 9.86. The number of nitrogens with zero attached hydrogens (tertiary/aromatic N) is 3. The van der Waals surface area contributed by atoms with Gasteiger partial charge < -0.3 is 0 Å². The average Bonchev–Trinajstić information content (AvgIpc) is 2.41. The maximum Gasteiger partial charge on any atom is 0.0548 e. The highest BCUT2D eigenvalue weighted by Gasteiger charge is 2.16. The summed E-state index contributed by atoms with van der Waals surface area (Å²) in [6.45, 7) is 19.9. The topological polar surface area (TPSA) is 19.4 Å². The highest BCUT2D eigenvalue weighted by atomic mass is 15.2. The molecule has 1 aromatic heterocycles. The van der Waals surface area contributed by atoms with E-state index >= 15 is 0 Å². The Morgan fingerprint density at radius 2 is 1.00 bits per heavy atom. The van der Waals surface area contributed by atoms with Crippen molar-refractivity contribution in [1.82, 2.24) is 14.8 Å². The Balaban J connectivity index is 2.85. The van der Waals surface area contributed by atoms with Crippen LogP contribution in [0.15, 0.2) is 18.2 Å². The molecule has 0 saturated carbocycles. The Morgan fingerprint density at radius 3 is 1.27 bits per heavy atom. The van der Waals surface area contributed by atoms with Gasteiger partial charge >= 0.3 is 0 Å². The van der Waals surface area contributed by atoms with Crippen LogP contribution >= 0.6 is 0 Å². The molecule has 0 spiro atoms. The van der Waals surface area contributed by atoms with Crippen molar-refractivity contribution in [1.29, 1.82) is 0 Å². The van der Waals surface area contributed by atoms with Gasteiger partial charge in [0.1, 0.15) is 0 Å². The van der Waals surface area contributed by atoms with Crippen molar-refractivity contribution in [3.8, 4) is 0 Å². The first kappa shape index (κ1) is 19.1. The molecule has 1 heterocycles. The van der Waals surface area contributed by atoms with Gasteiger partial charge in [0.2, 0.25) is 0 Å². The van der Waals surface area contributed by atoms with Crippen LogP contribution in [0.2, 0.25) is 0 Å². The van der Waals surface area contributed by atoms with Crippen LogP contribution in [0, 0.1) is 0 Å². The summed E-state index contributed by atoms with van der Waals surface area (Å²) in [6, 6.07) is 8.59. The van der Waals surface area contributed by atoms with Crippen molar-refractivity contribution in [2.45, 2.75) is 92.6 Å². The molecule has 0 aliphatic rings. The number of pyridine rings is 1. The lowest BCUT2D eigenvalue weighted by Crippen LogP contribution is -2.37. The van der Waals surface area contributed by atoms with Gasteiger partial charge in [-0.15, -0.1) is 0 Å². The minimum Gasteiger partial charge on any atom is -0.293 e. The van der Waals surface area contributed by atoms with Crippen molar-refractivity contribution in [2.24, 2.45) is 0 Å². The zero-order valence-corrected chi connectivity index (χ0v) is 15.8. The molecular weight excluding hydrogens is 270 g/mol. The van der Waals surface area contributed by atoms with Crippen LogP contribution in [0.4, 0.5) is 0 Å². The van der Waals surface area contributed by atoms with Gasteiger partial charge in [0.25, 0.3) is 0 Å². The van der Waals surface area contributed by atoms with E-state index in [1.807, 2.05) is 0 Å². The van der Waals surface area contributed by atoms with E-state index in [9.17, 15) is 0 Å². The number of aromatic nitrogens is 1. The van der Waals surface area contributed by atoms with Gasteiger partial charge in [-0.3, -0.25) is 14.8 Å². The third-order valence-electron chi connectivity index (χ3n) is 4.21. The summed E-state index contributed by atoms with van der Waals surface area (Å²) in [7, 11) is 0.